The van der Waals surface area contributed by atoms with E-state index in [-0.39, 0.29) is 5.97 Å². The van der Waals surface area contributed by atoms with Gasteiger partial charge in [0.1, 0.15) is 5.75 Å². The van der Waals surface area contributed by atoms with Crippen LogP contribution in [0.1, 0.15) is 55.8 Å². The van der Waals surface area contributed by atoms with Gasteiger partial charge in [-0.15, -0.1) is 0 Å². The van der Waals surface area contributed by atoms with Crippen molar-refractivity contribution < 1.29 is 18.8 Å². The van der Waals surface area contributed by atoms with Crippen LogP contribution in [0.4, 0.5) is 0 Å². The number of benzene rings is 1. The first-order valence-corrected chi connectivity index (χ1v) is 9.86. The number of carbonyl (C=O) groups is 1. The standard InChI is InChI=1S/C21H32NO3/c1-3-24-19-11-9-18(10-12-19)21(23)25-16-13-17-7-6-15-22(2)14-5-4-8-20(17)22/h9-12,17,20H,3-8,13-16H2,1-2H3/q+1/t17-,20-,22+/m1/s1. The zero-order chi connectivity index (χ0) is 17.7. The predicted octanol–water partition coefficient (Wildman–Crippen LogP) is 4.04. The van der Waals surface area contributed by atoms with Crippen LogP contribution in [-0.2, 0) is 4.74 Å². The van der Waals surface area contributed by atoms with Gasteiger partial charge in [-0.2, -0.15) is 0 Å². The number of fused-ring (bicyclic) bond motifs is 1. The average molecular weight is 346 g/mol. The SMILES string of the molecule is CCOc1ccc(C(=O)OCC[C@H]2CCC[N@+]3(C)CCCC[C@H]23)cc1. The van der Waals surface area contributed by atoms with Gasteiger partial charge in [-0.3, -0.25) is 0 Å². The maximum atomic E-state index is 12.2. The predicted molar refractivity (Wildman–Crippen MR) is 98.8 cm³/mol. The Bertz CT molecular complexity index is 567. The molecule has 0 saturated carbocycles. The quantitative estimate of drug-likeness (QED) is 0.576. The van der Waals surface area contributed by atoms with Gasteiger partial charge >= 0.3 is 5.97 Å². The molecule has 2 fully saturated rings. The van der Waals surface area contributed by atoms with E-state index in [1.165, 1.54) is 49.7 Å². The smallest absolute Gasteiger partial charge is 0.338 e. The molecule has 0 aromatic heterocycles. The van der Waals surface area contributed by atoms with Gasteiger partial charge in [-0.1, -0.05) is 0 Å². The fraction of sp³-hybridized carbons (Fsp3) is 0.667. The molecule has 0 spiro atoms. The van der Waals surface area contributed by atoms with E-state index in [0.717, 1.165) is 18.2 Å². The first kappa shape index (κ1) is 18.2. The fourth-order valence-electron chi connectivity index (χ4n) is 4.81. The lowest BCUT2D eigenvalue weighted by atomic mass is 9.80. The van der Waals surface area contributed by atoms with E-state index in [1.54, 1.807) is 12.1 Å². The minimum absolute atomic E-state index is 0.222. The largest absolute Gasteiger partial charge is 0.494 e. The van der Waals surface area contributed by atoms with Gasteiger partial charge in [-0.25, -0.2) is 4.79 Å². The first-order valence-electron chi connectivity index (χ1n) is 9.86. The van der Waals surface area contributed by atoms with Crippen molar-refractivity contribution in [3.63, 3.8) is 0 Å². The lowest BCUT2D eigenvalue weighted by Gasteiger charge is -2.51. The van der Waals surface area contributed by atoms with Crippen LogP contribution in [-0.4, -0.2) is 49.8 Å². The van der Waals surface area contributed by atoms with Crippen molar-refractivity contribution >= 4 is 5.97 Å². The Labute approximate surface area is 151 Å². The second-order valence-corrected chi connectivity index (χ2v) is 7.77. The van der Waals surface area contributed by atoms with Crippen molar-refractivity contribution in [2.24, 2.45) is 5.92 Å². The molecule has 0 unspecified atom stereocenters. The number of nitrogens with zero attached hydrogens (tertiary/aromatic N) is 1. The van der Waals surface area contributed by atoms with E-state index in [9.17, 15) is 4.79 Å². The molecular weight excluding hydrogens is 314 g/mol. The number of esters is 1. The lowest BCUT2D eigenvalue weighted by molar-refractivity contribution is -0.947. The molecule has 0 N–H and O–H groups in total. The molecule has 3 atom stereocenters. The maximum absolute atomic E-state index is 12.2. The van der Waals surface area contributed by atoms with Crippen molar-refractivity contribution in [3.8, 4) is 5.75 Å². The number of quaternary nitrogens is 1. The summed E-state index contributed by atoms with van der Waals surface area (Å²) in [7, 11) is 2.43. The van der Waals surface area contributed by atoms with Gasteiger partial charge in [0, 0.05) is 5.92 Å². The Morgan fingerprint density at radius 3 is 2.64 bits per heavy atom. The molecule has 2 heterocycles. The molecule has 1 aromatic rings. The number of hydrogen-bond acceptors (Lipinski definition) is 3. The molecule has 2 aliphatic heterocycles. The summed E-state index contributed by atoms with van der Waals surface area (Å²) in [6, 6.07) is 7.98. The van der Waals surface area contributed by atoms with Gasteiger partial charge in [0.05, 0.1) is 45.0 Å². The van der Waals surface area contributed by atoms with E-state index in [0.29, 0.717) is 24.7 Å². The number of rotatable bonds is 6. The Balaban J connectivity index is 1.49. The van der Waals surface area contributed by atoms with E-state index >= 15 is 0 Å². The van der Waals surface area contributed by atoms with Crippen LogP contribution in [0, 0.1) is 5.92 Å². The monoisotopic (exact) mass is 346 g/mol. The summed E-state index contributed by atoms with van der Waals surface area (Å²) < 4.78 is 12.2. The van der Waals surface area contributed by atoms with E-state index in [4.69, 9.17) is 9.47 Å². The lowest BCUT2D eigenvalue weighted by Crippen LogP contribution is -2.60. The molecule has 4 nitrogen and oxygen atoms in total. The van der Waals surface area contributed by atoms with Crippen molar-refractivity contribution in [1.29, 1.82) is 0 Å². The molecule has 0 aliphatic carbocycles. The highest BCUT2D eigenvalue weighted by Gasteiger charge is 2.43. The molecule has 4 heteroatoms. The average Bonchev–Trinajstić information content (AvgIpc) is 2.62. The maximum Gasteiger partial charge on any atom is 0.338 e. The van der Waals surface area contributed by atoms with E-state index in [1.807, 2.05) is 19.1 Å². The highest BCUT2D eigenvalue weighted by atomic mass is 16.5. The van der Waals surface area contributed by atoms with Crippen LogP contribution < -0.4 is 4.74 Å². The summed E-state index contributed by atoms with van der Waals surface area (Å²) in [6.45, 7) is 5.76. The minimum Gasteiger partial charge on any atom is -0.494 e. The zero-order valence-corrected chi connectivity index (χ0v) is 15.7. The minimum atomic E-state index is -0.222. The van der Waals surface area contributed by atoms with Crippen LogP contribution >= 0.6 is 0 Å². The van der Waals surface area contributed by atoms with E-state index in [2.05, 4.69) is 7.05 Å². The molecule has 0 radical (unpaired) electrons. The zero-order valence-electron chi connectivity index (χ0n) is 15.7. The van der Waals surface area contributed by atoms with Crippen LogP contribution in [0.2, 0.25) is 0 Å². The summed E-state index contributed by atoms with van der Waals surface area (Å²) in [5.41, 5.74) is 0.602. The summed E-state index contributed by atoms with van der Waals surface area (Å²) >= 11 is 0. The van der Waals surface area contributed by atoms with Gasteiger partial charge in [0.2, 0.25) is 0 Å². The number of carbonyl (C=O) groups excluding carboxylic acids is 1. The van der Waals surface area contributed by atoms with Crippen molar-refractivity contribution in [1.82, 2.24) is 0 Å². The summed E-state index contributed by atoms with van der Waals surface area (Å²) in [5.74, 6) is 1.27. The fourth-order valence-corrected chi connectivity index (χ4v) is 4.81. The van der Waals surface area contributed by atoms with Gasteiger partial charge in [0.15, 0.2) is 0 Å². The molecule has 2 saturated heterocycles. The highest BCUT2D eigenvalue weighted by Crippen LogP contribution is 2.37. The highest BCUT2D eigenvalue weighted by molar-refractivity contribution is 5.89. The van der Waals surface area contributed by atoms with Crippen LogP contribution in [0.25, 0.3) is 0 Å². The van der Waals surface area contributed by atoms with Gasteiger partial charge in [0.25, 0.3) is 0 Å². The van der Waals surface area contributed by atoms with E-state index < -0.39 is 0 Å². The van der Waals surface area contributed by atoms with Crippen molar-refractivity contribution in [3.05, 3.63) is 29.8 Å². The van der Waals surface area contributed by atoms with Crippen LogP contribution in [0.3, 0.4) is 0 Å². The van der Waals surface area contributed by atoms with Crippen LogP contribution in [0.15, 0.2) is 24.3 Å². The third-order valence-corrected chi connectivity index (χ3v) is 6.13. The molecule has 1 aromatic carbocycles. The Morgan fingerprint density at radius 1 is 1.12 bits per heavy atom. The normalized spacial score (nSPS) is 28.9. The molecule has 138 valence electrons. The number of hydrogen-bond donors (Lipinski definition) is 0. The number of ether oxygens (including phenoxy) is 2. The first-order chi connectivity index (χ1) is 12.1. The molecule has 25 heavy (non-hydrogen) atoms. The molecule has 3 rings (SSSR count). The van der Waals surface area contributed by atoms with Gasteiger partial charge < -0.3 is 14.0 Å². The third-order valence-electron chi connectivity index (χ3n) is 6.13. The Hall–Kier alpha value is -1.55. The van der Waals surface area contributed by atoms with Crippen LogP contribution in [0.5, 0.6) is 5.75 Å². The molecular formula is C21H32NO3+. The third kappa shape index (κ3) is 4.35. The molecule has 0 amide bonds. The molecule has 2 aliphatic rings. The topological polar surface area (TPSA) is 35.5 Å². The number of piperidine rings is 2. The second-order valence-electron chi connectivity index (χ2n) is 7.77. The Morgan fingerprint density at radius 2 is 1.88 bits per heavy atom. The summed E-state index contributed by atoms with van der Waals surface area (Å²) in [5, 5.41) is 0. The van der Waals surface area contributed by atoms with Crippen molar-refractivity contribution in [2.75, 3.05) is 33.4 Å². The summed E-state index contributed by atoms with van der Waals surface area (Å²) in [4.78, 5) is 12.2. The Kier molecular flexibility index (Phi) is 6.00. The van der Waals surface area contributed by atoms with Gasteiger partial charge in [-0.05, 0) is 69.7 Å². The summed E-state index contributed by atoms with van der Waals surface area (Å²) in [6.07, 6.45) is 7.67. The van der Waals surface area contributed by atoms with Crippen molar-refractivity contribution in [2.45, 2.75) is 51.5 Å². The molecule has 0 bridgehead atoms. The second kappa shape index (κ2) is 8.22.